The number of carbonyl (C=O) groups is 1. The molecule has 1 amide bonds. The maximum Gasteiger partial charge on any atom is 0.257 e. The Labute approximate surface area is 136 Å². The molecule has 1 N–H and O–H groups in total. The third kappa shape index (κ3) is 3.11. The third-order valence-corrected chi connectivity index (χ3v) is 4.54. The van der Waals surface area contributed by atoms with Crippen molar-refractivity contribution in [3.63, 3.8) is 0 Å². The molecule has 2 aromatic rings. The molecule has 2 aromatic heterocycles. The predicted molar refractivity (Wildman–Crippen MR) is 88.6 cm³/mol. The van der Waals surface area contributed by atoms with E-state index in [-0.39, 0.29) is 5.91 Å². The van der Waals surface area contributed by atoms with Gasteiger partial charge in [0.15, 0.2) is 0 Å². The highest BCUT2D eigenvalue weighted by Gasteiger charge is 2.21. The van der Waals surface area contributed by atoms with Crippen molar-refractivity contribution in [3.05, 3.63) is 34.9 Å². The zero-order valence-corrected chi connectivity index (χ0v) is 14.0. The average Bonchev–Trinajstić information content (AvgIpc) is 3.18. The van der Waals surface area contributed by atoms with Gasteiger partial charge in [-0.05, 0) is 39.2 Å². The van der Waals surface area contributed by atoms with Crippen molar-refractivity contribution in [2.24, 2.45) is 0 Å². The van der Waals surface area contributed by atoms with Crippen molar-refractivity contribution in [3.8, 4) is 0 Å². The van der Waals surface area contributed by atoms with Gasteiger partial charge in [-0.15, -0.1) is 0 Å². The molecule has 0 spiro atoms. The molecule has 6 heteroatoms. The minimum Gasteiger partial charge on any atom is -0.319 e. The topological polar surface area (TPSA) is 72.7 Å². The van der Waals surface area contributed by atoms with E-state index in [0.717, 1.165) is 17.1 Å². The van der Waals surface area contributed by atoms with Gasteiger partial charge in [0.1, 0.15) is 0 Å². The van der Waals surface area contributed by atoms with E-state index in [1.807, 2.05) is 20.8 Å². The van der Waals surface area contributed by atoms with Crippen LogP contribution in [0.25, 0.3) is 0 Å². The van der Waals surface area contributed by atoms with Crippen LogP contribution in [0.1, 0.15) is 66.1 Å². The molecule has 1 fully saturated rings. The highest BCUT2D eigenvalue weighted by atomic mass is 16.1. The van der Waals surface area contributed by atoms with Gasteiger partial charge in [0, 0.05) is 0 Å². The molecule has 1 saturated carbocycles. The van der Waals surface area contributed by atoms with E-state index < -0.39 is 0 Å². The fourth-order valence-electron chi connectivity index (χ4n) is 3.22. The lowest BCUT2D eigenvalue weighted by molar-refractivity contribution is 0.102. The molecule has 122 valence electrons. The third-order valence-electron chi connectivity index (χ3n) is 4.54. The quantitative estimate of drug-likeness (QED) is 0.940. The van der Waals surface area contributed by atoms with Gasteiger partial charge in [-0.1, -0.05) is 19.8 Å². The van der Waals surface area contributed by atoms with Gasteiger partial charge in [0.05, 0.1) is 40.6 Å². The van der Waals surface area contributed by atoms with Crippen LogP contribution in [0, 0.1) is 13.8 Å². The molecule has 23 heavy (non-hydrogen) atoms. The molecule has 6 nitrogen and oxygen atoms in total. The summed E-state index contributed by atoms with van der Waals surface area (Å²) in [6, 6.07) is 2.26. The van der Waals surface area contributed by atoms with E-state index in [4.69, 9.17) is 0 Å². The number of nitrogens with one attached hydrogen (secondary N) is 1. The Kier molecular flexibility index (Phi) is 4.41. The molecule has 0 atom stereocenters. The minimum atomic E-state index is -0.145. The summed E-state index contributed by atoms with van der Waals surface area (Å²) >= 11 is 0. The predicted octanol–water partition coefficient (Wildman–Crippen LogP) is 3.22. The minimum absolute atomic E-state index is 0.145. The van der Waals surface area contributed by atoms with Gasteiger partial charge in [0.25, 0.3) is 5.91 Å². The van der Waals surface area contributed by atoms with Crippen molar-refractivity contribution in [1.29, 1.82) is 0 Å². The zero-order chi connectivity index (χ0) is 16.4. The number of aromatic nitrogens is 4. The molecule has 3 rings (SSSR count). The molecule has 0 aromatic carbocycles. The number of hydrogen-bond acceptors (Lipinski definition) is 4. The molecule has 1 aliphatic carbocycles. The first-order chi connectivity index (χ1) is 11.1. The normalized spacial score (nSPS) is 15.1. The van der Waals surface area contributed by atoms with E-state index in [9.17, 15) is 4.79 Å². The van der Waals surface area contributed by atoms with Crippen LogP contribution < -0.4 is 5.32 Å². The SMILES string of the molecule is CCc1nnc(C)cc1C(=O)Nc1cnn(C2CCCC2)c1C. The van der Waals surface area contributed by atoms with E-state index >= 15 is 0 Å². The number of rotatable bonds is 4. The number of hydrogen-bond donors (Lipinski definition) is 1. The van der Waals surface area contributed by atoms with Crippen LogP contribution >= 0.6 is 0 Å². The molecule has 0 unspecified atom stereocenters. The Hall–Kier alpha value is -2.24. The molecule has 0 bridgehead atoms. The lowest BCUT2D eigenvalue weighted by Crippen LogP contribution is -2.17. The number of anilines is 1. The zero-order valence-electron chi connectivity index (χ0n) is 14.0. The number of carbonyl (C=O) groups excluding carboxylic acids is 1. The number of amides is 1. The molecule has 2 heterocycles. The maximum absolute atomic E-state index is 12.6. The standard InChI is InChI=1S/C17H23N5O/c1-4-15-14(9-11(2)20-21-15)17(23)19-16-10-18-22(12(16)3)13-7-5-6-8-13/h9-10,13H,4-8H2,1-3H3,(H,19,23). The smallest absolute Gasteiger partial charge is 0.257 e. The molecule has 1 aliphatic rings. The van der Waals surface area contributed by atoms with Crippen LogP contribution in [0.3, 0.4) is 0 Å². The number of aryl methyl sites for hydroxylation is 2. The van der Waals surface area contributed by atoms with Crippen molar-refractivity contribution >= 4 is 11.6 Å². The Morgan fingerprint density at radius 3 is 2.74 bits per heavy atom. The van der Waals surface area contributed by atoms with E-state index in [0.29, 0.717) is 23.7 Å². The summed E-state index contributed by atoms with van der Waals surface area (Å²) in [5.41, 5.74) is 3.84. The van der Waals surface area contributed by atoms with Crippen LogP contribution in [-0.4, -0.2) is 25.9 Å². The van der Waals surface area contributed by atoms with Crippen molar-refractivity contribution in [1.82, 2.24) is 20.0 Å². The largest absolute Gasteiger partial charge is 0.319 e. The summed E-state index contributed by atoms with van der Waals surface area (Å²) in [5, 5.41) is 15.6. The van der Waals surface area contributed by atoms with Gasteiger partial charge in [-0.3, -0.25) is 9.48 Å². The Morgan fingerprint density at radius 2 is 2.04 bits per heavy atom. The monoisotopic (exact) mass is 313 g/mol. The fourth-order valence-corrected chi connectivity index (χ4v) is 3.22. The average molecular weight is 313 g/mol. The van der Waals surface area contributed by atoms with Crippen LogP contribution in [0.15, 0.2) is 12.3 Å². The summed E-state index contributed by atoms with van der Waals surface area (Å²) in [7, 11) is 0. The fraction of sp³-hybridized carbons (Fsp3) is 0.529. The molecular weight excluding hydrogens is 290 g/mol. The van der Waals surface area contributed by atoms with Gasteiger partial charge in [-0.2, -0.15) is 15.3 Å². The molecule has 0 radical (unpaired) electrons. The summed E-state index contributed by atoms with van der Waals surface area (Å²) in [6.07, 6.45) is 7.28. The van der Waals surface area contributed by atoms with Crippen molar-refractivity contribution in [2.75, 3.05) is 5.32 Å². The van der Waals surface area contributed by atoms with E-state index in [2.05, 4.69) is 25.3 Å². The van der Waals surface area contributed by atoms with E-state index in [1.165, 1.54) is 25.7 Å². The summed E-state index contributed by atoms with van der Waals surface area (Å²) < 4.78 is 2.05. The van der Waals surface area contributed by atoms with Gasteiger partial charge in [-0.25, -0.2) is 0 Å². The first-order valence-corrected chi connectivity index (χ1v) is 8.28. The lowest BCUT2D eigenvalue weighted by atomic mass is 10.1. The Balaban J connectivity index is 1.82. The first-order valence-electron chi connectivity index (χ1n) is 8.28. The van der Waals surface area contributed by atoms with Crippen LogP contribution in [-0.2, 0) is 6.42 Å². The highest BCUT2D eigenvalue weighted by molar-refractivity contribution is 6.05. The molecule has 0 aliphatic heterocycles. The highest BCUT2D eigenvalue weighted by Crippen LogP contribution is 2.31. The first kappa shape index (κ1) is 15.6. The second kappa shape index (κ2) is 6.48. The van der Waals surface area contributed by atoms with Crippen molar-refractivity contribution in [2.45, 2.75) is 58.9 Å². The van der Waals surface area contributed by atoms with Gasteiger partial charge >= 0.3 is 0 Å². The summed E-state index contributed by atoms with van der Waals surface area (Å²) in [6.45, 7) is 5.82. The molecular formula is C17H23N5O. The second-order valence-corrected chi connectivity index (χ2v) is 6.18. The second-order valence-electron chi connectivity index (χ2n) is 6.18. The molecule has 0 saturated heterocycles. The van der Waals surface area contributed by atoms with Crippen LogP contribution in [0.2, 0.25) is 0 Å². The number of nitrogens with zero attached hydrogens (tertiary/aromatic N) is 4. The van der Waals surface area contributed by atoms with Crippen LogP contribution in [0.5, 0.6) is 0 Å². The van der Waals surface area contributed by atoms with E-state index in [1.54, 1.807) is 12.3 Å². The maximum atomic E-state index is 12.6. The van der Waals surface area contributed by atoms with Gasteiger partial charge in [0.2, 0.25) is 0 Å². The Morgan fingerprint density at radius 1 is 1.30 bits per heavy atom. The Bertz CT molecular complexity index is 716. The lowest BCUT2D eigenvalue weighted by Gasteiger charge is -2.13. The van der Waals surface area contributed by atoms with Gasteiger partial charge < -0.3 is 5.32 Å². The summed E-state index contributed by atoms with van der Waals surface area (Å²) in [5.74, 6) is -0.145. The summed E-state index contributed by atoms with van der Waals surface area (Å²) in [4.78, 5) is 12.6. The van der Waals surface area contributed by atoms with Crippen molar-refractivity contribution < 1.29 is 4.79 Å². The van der Waals surface area contributed by atoms with Crippen LogP contribution in [0.4, 0.5) is 5.69 Å².